The molecule has 0 bridgehead atoms. The first kappa shape index (κ1) is 22.7. The Morgan fingerprint density at radius 3 is 2.67 bits per heavy atom. The minimum atomic E-state index is -4.61. The zero-order chi connectivity index (χ0) is 25.1. The molecule has 36 heavy (non-hydrogen) atoms. The maximum Gasteiger partial charge on any atom is 0.418 e. The Labute approximate surface area is 203 Å². The molecule has 0 amide bonds. The molecule has 2 aliphatic heterocycles. The van der Waals surface area contributed by atoms with Crippen LogP contribution in [0.15, 0.2) is 59.9 Å². The molecule has 0 aliphatic carbocycles. The second-order valence-electron chi connectivity index (χ2n) is 9.40. The number of aryl methyl sites for hydroxylation is 1. The predicted octanol–water partition coefficient (Wildman–Crippen LogP) is 2.73. The van der Waals surface area contributed by atoms with E-state index in [-0.39, 0.29) is 10.9 Å². The van der Waals surface area contributed by atoms with Gasteiger partial charge < -0.3 is 14.6 Å². The van der Waals surface area contributed by atoms with Crippen molar-refractivity contribution in [3.05, 3.63) is 88.1 Å². The van der Waals surface area contributed by atoms with Crippen molar-refractivity contribution in [2.45, 2.75) is 18.0 Å². The quantitative estimate of drug-likeness (QED) is 0.460. The first-order valence-corrected chi connectivity index (χ1v) is 11.5. The SMILES string of the molecule is Cn1cnnc1CC1(c2cccc(-n3cc4c(C(F)(F)F)cc(C5=CCNC5)cn4c3=O)c2)COC1. The van der Waals surface area contributed by atoms with E-state index in [0.717, 1.165) is 27.4 Å². The van der Waals surface area contributed by atoms with Crippen LogP contribution < -0.4 is 11.0 Å². The van der Waals surface area contributed by atoms with E-state index in [9.17, 15) is 18.0 Å². The number of hydrogen-bond acceptors (Lipinski definition) is 5. The largest absolute Gasteiger partial charge is 0.418 e. The van der Waals surface area contributed by atoms with Crippen LogP contribution >= 0.6 is 0 Å². The first-order valence-electron chi connectivity index (χ1n) is 11.5. The molecule has 0 saturated carbocycles. The number of imidazole rings is 1. The van der Waals surface area contributed by atoms with Crippen molar-refractivity contribution in [1.82, 2.24) is 29.0 Å². The fourth-order valence-electron chi connectivity index (χ4n) is 4.95. The Kier molecular flexibility index (Phi) is 5.16. The molecular formula is C25H23F3N6O2. The van der Waals surface area contributed by atoms with E-state index in [1.54, 1.807) is 18.5 Å². The number of hydrogen-bond donors (Lipinski definition) is 1. The van der Waals surface area contributed by atoms with Crippen molar-refractivity contribution >= 4 is 11.1 Å². The summed E-state index contributed by atoms with van der Waals surface area (Å²) in [6.07, 6.45) is 2.20. The minimum absolute atomic E-state index is 0.186. The van der Waals surface area contributed by atoms with Gasteiger partial charge in [-0.15, -0.1) is 10.2 Å². The highest BCUT2D eigenvalue weighted by Gasteiger charge is 2.42. The predicted molar refractivity (Wildman–Crippen MR) is 126 cm³/mol. The summed E-state index contributed by atoms with van der Waals surface area (Å²) >= 11 is 0. The maximum absolute atomic E-state index is 14.0. The van der Waals surface area contributed by atoms with Crippen LogP contribution in [0.5, 0.6) is 0 Å². The lowest BCUT2D eigenvalue weighted by Crippen LogP contribution is -2.49. The van der Waals surface area contributed by atoms with Crippen LogP contribution in [0.4, 0.5) is 13.2 Å². The number of ether oxygens (including phenoxy) is 1. The zero-order valence-electron chi connectivity index (χ0n) is 19.4. The highest BCUT2D eigenvalue weighted by atomic mass is 19.4. The highest BCUT2D eigenvalue weighted by molar-refractivity contribution is 5.72. The van der Waals surface area contributed by atoms with Crippen molar-refractivity contribution in [1.29, 1.82) is 0 Å². The fourth-order valence-corrected chi connectivity index (χ4v) is 4.95. The van der Waals surface area contributed by atoms with Crippen molar-refractivity contribution in [3.8, 4) is 5.69 Å². The van der Waals surface area contributed by atoms with E-state index in [4.69, 9.17) is 4.74 Å². The molecule has 3 aromatic heterocycles. The van der Waals surface area contributed by atoms with Gasteiger partial charge in [0.05, 0.1) is 30.0 Å². The molecule has 1 N–H and O–H groups in total. The van der Waals surface area contributed by atoms with Crippen LogP contribution in [0.1, 0.15) is 22.5 Å². The summed E-state index contributed by atoms with van der Waals surface area (Å²) in [6.45, 7) is 1.98. The number of nitrogens with zero attached hydrogens (tertiary/aromatic N) is 5. The molecule has 1 fully saturated rings. The second-order valence-corrected chi connectivity index (χ2v) is 9.40. The van der Waals surface area contributed by atoms with Gasteiger partial charge in [0.25, 0.3) is 0 Å². The molecule has 0 spiro atoms. The van der Waals surface area contributed by atoms with E-state index >= 15 is 0 Å². The third-order valence-electron chi connectivity index (χ3n) is 7.05. The van der Waals surface area contributed by atoms with Gasteiger partial charge in [-0.1, -0.05) is 18.2 Å². The topological polar surface area (TPSA) is 78.4 Å². The number of pyridine rings is 1. The van der Waals surface area contributed by atoms with Gasteiger partial charge in [-0.3, -0.25) is 8.97 Å². The Bertz CT molecular complexity index is 1560. The number of fused-ring (bicyclic) bond motifs is 1. The van der Waals surface area contributed by atoms with Crippen LogP contribution in [0.2, 0.25) is 0 Å². The molecule has 186 valence electrons. The minimum Gasteiger partial charge on any atom is -0.379 e. The molecule has 8 nitrogen and oxygen atoms in total. The summed E-state index contributed by atoms with van der Waals surface area (Å²) in [5, 5.41) is 11.2. The fraction of sp³-hybridized carbons (Fsp3) is 0.320. The van der Waals surface area contributed by atoms with Crippen LogP contribution in [0.25, 0.3) is 16.8 Å². The van der Waals surface area contributed by atoms with Crippen LogP contribution in [-0.2, 0) is 29.8 Å². The molecule has 0 radical (unpaired) electrons. The summed E-state index contributed by atoms with van der Waals surface area (Å²) < 4.78 is 51.8. The smallest absolute Gasteiger partial charge is 0.379 e. The van der Waals surface area contributed by atoms with Gasteiger partial charge in [-0.2, -0.15) is 13.2 Å². The number of alkyl halides is 3. The lowest BCUT2D eigenvalue weighted by atomic mass is 9.75. The summed E-state index contributed by atoms with van der Waals surface area (Å²) in [5.41, 5.74) is 0.582. The number of aromatic nitrogens is 5. The molecular weight excluding hydrogens is 473 g/mol. The molecule has 4 aromatic rings. The van der Waals surface area contributed by atoms with Crippen LogP contribution in [-0.4, -0.2) is 50.0 Å². The van der Waals surface area contributed by atoms with E-state index < -0.39 is 17.4 Å². The van der Waals surface area contributed by atoms with Crippen molar-refractivity contribution in [2.24, 2.45) is 7.05 Å². The van der Waals surface area contributed by atoms with Gasteiger partial charge in [0, 0.05) is 44.4 Å². The third kappa shape index (κ3) is 3.66. The molecule has 0 atom stereocenters. The normalized spacial score (nSPS) is 17.4. The number of rotatable bonds is 5. The van der Waals surface area contributed by atoms with Crippen molar-refractivity contribution in [3.63, 3.8) is 0 Å². The van der Waals surface area contributed by atoms with Crippen molar-refractivity contribution < 1.29 is 17.9 Å². The second kappa shape index (κ2) is 8.17. The Morgan fingerprint density at radius 2 is 2.03 bits per heavy atom. The summed E-state index contributed by atoms with van der Waals surface area (Å²) in [5.74, 6) is 0.800. The number of halogens is 3. The maximum atomic E-state index is 14.0. The molecule has 1 saturated heterocycles. The molecule has 1 aromatic carbocycles. The van der Waals surface area contributed by atoms with E-state index in [2.05, 4.69) is 15.5 Å². The Balaban J connectivity index is 1.46. The van der Waals surface area contributed by atoms with E-state index in [0.29, 0.717) is 44.0 Å². The van der Waals surface area contributed by atoms with E-state index in [1.807, 2.05) is 29.8 Å². The molecule has 11 heteroatoms. The van der Waals surface area contributed by atoms with Gasteiger partial charge >= 0.3 is 11.9 Å². The first-order chi connectivity index (χ1) is 17.2. The van der Waals surface area contributed by atoms with Crippen LogP contribution in [0, 0.1) is 0 Å². The zero-order valence-corrected chi connectivity index (χ0v) is 19.4. The summed E-state index contributed by atoms with van der Waals surface area (Å²) in [6, 6.07) is 8.44. The summed E-state index contributed by atoms with van der Waals surface area (Å²) in [7, 11) is 1.87. The van der Waals surface area contributed by atoms with Gasteiger partial charge in [-0.25, -0.2) is 4.79 Å². The monoisotopic (exact) mass is 496 g/mol. The van der Waals surface area contributed by atoms with Gasteiger partial charge in [0.1, 0.15) is 12.2 Å². The average molecular weight is 496 g/mol. The van der Waals surface area contributed by atoms with Gasteiger partial charge in [0.15, 0.2) is 0 Å². The molecule has 6 rings (SSSR count). The molecule has 2 aliphatic rings. The van der Waals surface area contributed by atoms with Gasteiger partial charge in [0.2, 0.25) is 0 Å². The lowest BCUT2D eigenvalue weighted by molar-refractivity contribution is -0.136. The average Bonchev–Trinajstić information content (AvgIpc) is 3.57. The Hall–Kier alpha value is -3.70. The standard InChI is InChI=1S/C25H23F3N6O2/c1-32-15-30-31-22(32)9-24(13-36-14-24)18-3-2-4-19(8-18)33-12-21-20(25(26,27)28)7-17(11-34(21)23(33)35)16-5-6-29-10-16/h2-5,7-8,11-12,15,29H,6,9-10,13-14H2,1H3. The highest BCUT2D eigenvalue weighted by Crippen LogP contribution is 2.37. The third-order valence-corrected chi connectivity index (χ3v) is 7.05. The lowest BCUT2D eigenvalue weighted by Gasteiger charge is -2.41. The molecule has 5 heterocycles. The van der Waals surface area contributed by atoms with Crippen molar-refractivity contribution in [2.75, 3.05) is 26.3 Å². The number of nitrogens with one attached hydrogen (secondary N) is 1. The molecule has 0 unspecified atom stereocenters. The van der Waals surface area contributed by atoms with Gasteiger partial charge in [-0.05, 0) is 34.9 Å². The van der Waals surface area contributed by atoms with E-state index in [1.165, 1.54) is 17.0 Å². The Morgan fingerprint density at radius 1 is 1.19 bits per heavy atom. The summed E-state index contributed by atoms with van der Waals surface area (Å²) in [4.78, 5) is 13.4. The van der Waals surface area contributed by atoms with Crippen LogP contribution in [0.3, 0.4) is 0 Å². The number of benzene rings is 1.